The number of hydrogen-bond donors (Lipinski definition) is 0. The van der Waals surface area contributed by atoms with Gasteiger partial charge in [-0.25, -0.2) is 0 Å². The molecule has 2 amide bonds. The average Bonchev–Trinajstić information content (AvgIpc) is 3.00. The summed E-state index contributed by atoms with van der Waals surface area (Å²) in [5.41, 5.74) is 4.59. The molecule has 4 aromatic rings. The topological polar surface area (TPSA) is 40.6 Å². The molecule has 192 valence electrons. The van der Waals surface area contributed by atoms with Crippen LogP contribution >= 0.6 is 0 Å². The van der Waals surface area contributed by atoms with Crippen molar-refractivity contribution in [3.05, 3.63) is 144 Å². The molecular weight excluding hydrogens is 468 g/mol. The van der Waals surface area contributed by atoms with E-state index in [0.717, 1.165) is 22.3 Å². The van der Waals surface area contributed by atoms with Crippen LogP contribution in [0.25, 0.3) is 0 Å². The number of carbonyl (C=O) groups excluding carboxylic acids is 2. The fourth-order valence-corrected chi connectivity index (χ4v) is 5.41. The van der Waals surface area contributed by atoms with E-state index in [-0.39, 0.29) is 23.7 Å². The smallest absolute Gasteiger partial charge is 0.223 e. The van der Waals surface area contributed by atoms with Gasteiger partial charge in [-0.2, -0.15) is 0 Å². The maximum Gasteiger partial charge on any atom is 0.223 e. The molecule has 0 radical (unpaired) electrons. The van der Waals surface area contributed by atoms with Crippen molar-refractivity contribution in [1.82, 2.24) is 9.80 Å². The standard InChI is InChI=1S/C34H34N2O2/c37-33(25-31(27-13-5-1-6-14-27)28-15-7-2-8-16-28)35-21-23-36(24-22-35)34(38)26-32(29-17-9-3-10-18-29)30-19-11-4-12-20-30/h1-20,31-32H,21-26H2. The molecule has 0 atom stereocenters. The second kappa shape index (κ2) is 12.4. The molecule has 4 nitrogen and oxygen atoms in total. The molecule has 4 heteroatoms. The first-order valence-electron chi connectivity index (χ1n) is 13.4. The lowest BCUT2D eigenvalue weighted by Gasteiger charge is -2.36. The van der Waals surface area contributed by atoms with Crippen LogP contribution < -0.4 is 0 Å². The van der Waals surface area contributed by atoms with Gasteiger partial charge < -0.3 is 9.80 Å². The molecule has 0 saturated carbocycles. The average molecular weight is 503 g/mol. The van der Waals surface area contributed by atoms with E-state index in [1.54, 1.807) is 0 Å². The van der Waals surface area contributed by atoms with Crippen molar-refractivity contribution in [3.63, 3.8) is 0 Å². The quantitative estimate of drug-likeness (QED) is 0.292. The maximum absolute atomic E-state index is 13.4. The van der Waals surface area contributed by atoms with E-state index in [0.29, 0.717) is 39.0 Å². The van der Waals surface area contributed by atoms with Gasteiger partial charge in [-0.3, -0.25) is 9.59 Å². The predicted molar refractivity (Wildman–Crippen MR) is 152 cm³/mol. The Labute approximate surface area is 225 Å². The van der Waals surface area contributed by atoms with Crippen LogP contribution in [0.3, 0.4) is 0 Å². The summed E-state index contributed by atoms with van der Waals surface area (Å²) < 4.78 is 0. The van der Waals surface area contributed by atoms with Crippen LogP contribution in [0.2, 0.25) is 0 Å². The molecule has 1 saturated heterocycles. The lowest BCUT2D eigenvalue weighted by atomic mass is 9.88. The summed E-state index contributed by atoms with van der Waals surface area (Å²) in [6.45, 7) is 2.29. The Morgan fingerprint density at radius 1 is 0.447 bits per heavy atom. The summed E-state index contributed by atoms with van der Waals surface area (Å²) in [6.07, 6.45) is 0.845. The first kappa shape index (κ1) is 25.5. The van der Waals surface area contributed by atoms with E-state index in [9.17, 15) is 9.59 Å². The largest absolute Gasteiger partial charge is 0.339 e. The Bertz CT molecular complexity index is 1120. The van der Waals surface area contributed by atoms with E-state index < -0.39 is 0 Å². The Hall–Kier alpha value is -4.18. The predicted octanol–water partition coefficient (Wildman–Crippen LogP) is 6.10. The van der Waals surface area contributed by atoms with Crippen LogP contribution in [0.4, 0.5) is 0 Å². The van der Waals surface area contributed by atoms with Crippen molar-refractivity contribution in [2.75, 3.05) is 26.2 Å². The number of piperazine rings is 1. The van der Waals surface area contributed by atoms with Crippen LogP contribution in [-0.2, 0) is 9.59 Å². The van der Waals surface area contributed by atoms with Gasteiger partial charge in [0.2, 0.25) is 11.8 Å². The van der Waals surface area contributed by atoms with E-state index in [4.69, 9.17) is 0 Å². The van der Waals surface area contributed by atoms with Crippen LogP contribution in [0.15, 0.2) is 121 Å². The van der Waals surface area contributed by atoms with Crippen molar-refractivity contribution in [2.45, 2.75) is 24.7 Å². The van der Waals surface area contributed by atoms with Gasteiger partial charge in [0.25, 0.3) is 0 Å². The van der Waals surface area contributed by atoms with Crippen LogP contribution in [0, 0.1) is 0 Å². The van der Waals surface area contributed by atoms with Gasteiger partial charge in [0.1, 0.15) is 0 Å². The fourth-order valence-electron chi connectivity index (χ4n) is 5.41. The maximum atomic E-state index is 13.4. The third kappa shape index (κ3) is 6.20. The third-order valence-electron chi connectivity index (χ3n) is 7.55. The van der Waals surface area contributed by atoms with Crippen LogP contribution in [0.5, 0.6) is 0 Å². The molecule has 1 heterocycles. The van der Waals surface area contributed by atoms with Gasteiger partial charge in [0.15, 0.2) is 0 Å². The summed E-state index contributed by atoms with van der Waals surface area (Å²) in [7, 11) is 0. The van der Waals surface area contributed by atoms with Crippen molar-refractivity contribution in [2.24, 2.45) is 0 Å². The zero-order chi connectivity index (χ0) is 26.2. The highest BCUT2D eigenvalue weighted by atomic mass is 16.2. The molecule has 0 aromatic heterocycles. The zero-order valence-corrected chi connectivity index (χ0v) is 21.7. The highest BCUT2D eigenvalue weighted by molar-refractivity contribution is 5.80. The molecule has 38 heavy (non-hydrogen) atoms. The number of nitrogens with zero attached hydrogens (tertiary/aromatic N) is 2. The molecular formula is C34H34N2O2. The van der Waals surface area contributed by atoms with E-state index in [1.807, 2.05) is 82.6 Å². The van der Waals surface area contributed by atoms with Gasteiger partial charge >= 0.3 is 0 Å². The third-order valence-corrected chi connectivity index (χ3v) is 7.55. The van der Waals surface area contributed by atoms with Crippen molar-refractivity contribution < 1.29 is 9.59 Å². The zero-order valence-electron chi connectivity index (χ0n) is 21.7. The van der Waals surface area contributed by atoms with Gasteiger partial charge in [-0.1, -0.05) is 121 Å². The SMILES string of the molecule is O=C(CC(c1ccccc1)c1ccccc1)N1CCN(C(=O)CC(c2ccccc2)c2ccccc2)CC1. The Kier molecular flexibility index (Phi) is 8.29. The minimum atomic E-state index is 0.0158. The molecule has 0 unspecified atom stereocenters. The lowest BCUT2D eigenvalue weighted by molar-refractivity contribution is -0.139. The van der Waals surface area contributed by atoms with Gasteiger partial charge in [-0.05, 0) is 22.3 Å². The number of carbonyl (C=O) groups is 2. The minimum Gasteiger partial charge on any atom is -0.339 e. The van der Waals surface area contributed by atoms with Gasteiger partial charge in [-0.15, -0.1) is 0 Å². The highest BCUT2D eigenvalue weighted by Gasteiger charge is 2.28. The van der Waals surface area contributed by atoms with Crippen molar-refractivity contribution in [3.8, 4) is 0 Å². The normalized spacial score (nSPS) is 13.6. The Balaban J connectivity index is 1.22. The van der Waals surface area contributed by atoms with Crippen molar-refractivity contribution >= 4 is 11.8 Å². The summed E-state index contributed by atoms with van der Waals surface area (Å²) in [5, 5.41) is 0. The molecule has 1 aliphatic rings. The van der Waals surface area contributed by atoms with E-state index >= 15 is 0 Å². The second-order valence-electron chi connectivity index (χ2n) is 9.92. The van der Waals surface area contributed by atoms with Gasteiger partial charge in [0, 0.05) is 50.9 Å². The number of amides is 2. The molecule has 0 bridgehead atoms. The summed E-state index contributed by atoms with van der Waals surface area (Å²) >= 11 is 0. The van der Waals surface area contributed by atoms with Gasteiger partial charge in [0.05, 0.1) is 0 Å². The Morgan fingerprint density at radius 2 is 0.684 bits per heavy atom. The summed E-state index contributed by atoms with van der Waals surface area (Å²) in [4.78, 5) is 30.7. The van der Waals surface area contributed by atoms with Crippen LogP contribution in [-0.4, -0.2) is 47.8 Å². The minimum absolute atomic E-state index is 0.0158. The lowest BCUT2D eigenvalue weighted by Crippen LogP contribution is -2.51. The molecule has 1 fully saturated rings. The number of rotatable bonds is 8. The Morgan fingerprint density at radius 3 is 0.921 bits per heavy atom. The fraction of sp³-hybridized carbons (Fsp3) is 0.235. The van der Waals surface area contributed by atoms with Crippen LogP contribution in [0.1, 0.15) is 46.9 Å². The highest BCUT2D eigenvalue weighted by Crippen LogP contribution is 2.30. The summed E-state index contributed by atoms with van der Waals surface area (Å²) in [5.74, 6) is 0.312. The molecule has 5 rings (SSSR count). The first-order chi connectivity index (χ1) is 18.7. The number of hydrogen-bond acceptors (Lipinski definition) is 2. The monoisotopic (exact) mass is 502 g/mol. The van der Waals surface area contributed by atoms with E-state index in [1.165, 1.54) is 0 Å². The van der Waals surface area contributed by atoms with Crippen molar-refractivity contribution in [1.29, 1.82) is 0 Å². The second-order valence-corrected chi connectivity index (χ2v) is 9.92. The molecule has 0 spiro atoms. The molecule has 4 aromatic carbocycles. The number of benzene rings is 4. The first-order valence-corrected chi connectivity index (χ1v) is 13.4. The molecule has 0 N–H and O–H groups in total. The molecule has 1 aliphatic heterocycles. The summed E-state index contributed by atoms with van der Waals surface area (Å²) in [6, 6.07) is 41.0. The molecule has 0 aliphatic carbocycles. The van der Waals surface area contributed by atoms with E-state index in [2.05, 4.69) is 48.5 Å².